The first-order chi connectivity index (χ1) is 6.88. The predicted molar refractivity (Wildman–Crippen MR) is 66.5 cm³/mol. The summed E-state index contributed by atoms with van der Waals surface area (Å²) >= 11 is 0. The van der Waals surface area contributed by atoms with Gasteiger partial charge in [-0.3, -0.25) is 0 Å². The van der Waals surface area contributed by atoms with Gasteiger partial charge in [0.15, 0.2) is 0 Å². The van der Waals surface area contributed by atoms with Crippen molar-refractivity contribution in [2.75, 3.05) is 0 Å². The molecule has 0 spiro atoms. The summed E-state index contributed by atoms with van der Waals surface area (Å²) in [7, 11) is 0. The molecule has 14 heavy (non-hydrogen) atoms. The number of rotatable bonds is 0. The Labute approximate surface area is 91.5 Å². The normalized spacial score (nSPS) is 34.5. The van der Waals surface area contributed by atoms with Crippen LogP contribution in [0.5, 0.6) is 0 Å². The summed E-state index contributed by atoms with van der Waals surface area (Å²) in [6, 6.07) is 0. The van der Waals surface area contributed by atoms with Gasteiger partial charge in [0.05, 0.1) is 0 Å². The van der Waals surface area contributed by atoms with E-state index >= 15 is 0 Å². The average molecular weight is 198 g/mol. The highest BCUT2D eigenvalue weighted by atomic mass is 14.4. The van der Waals surface area contributed by atoms with Gasteiger partial charge in [-0.15, -0.1) is 0 Å². The lowest BCUT2D eigenvalue weighted by Crippen LogP contribution is -2.21. The van der Waals surface area contributed by atoms with Crippen molar-refractivity contribution in [2.24, 2.45) is 17.8 Å². The smallest absolute Gasteiger partial charge is 0.0360 e. The molecular formula is C14H30. The first kappa shape index (κ1) is 14.0. The van der Waals surface area contributed by atoms with Gasteiger partial charge in [0, 0.05) is 0 Å². The maximum atomic E-state index is 2.46. The topological polar surface area (TPSA) is 0 Å². The van der Waals surface area contributed by atoms with Crippen LogP contribution in [-0.4, -0.2) is 0 Å². The third-order valence-corrected chi connectivity index (χ3v) is 3.68. The molecule has 0 heterocycles. The second kappa shape index (κ2) is 8.32. The van der Waals surface area contributed by atoms with Gasteiger partial charge in [-0.2, -0.15) is 0 Å². The van der Waals surface area contributed by atoms with E-state index in [4.69, 9.17) is 0 Å². The summed E-state index contributed by atoms with van der Waals surface area (Å²) in [5.74, 6) is 3.33. The molecule has 0 saturated heterocycles. The van der Waals surface area contributed by atoms with Crippen LogP contribution in [0.3, 0.4) is 0 Å². The molecule has 0 aromatic rings. The summed E-state index contributed by atoms with van der Waals surface area (Å²) in [6.07, 6.45) is 9.21. The molecule has 0 bridgehead atoms. The second-order valence-corrected chi connectivity index (χ2v) is 4.26. The van der Waals surface area contributed by atoms with Crippen molar-refractivity contribution in [2.45, 2.75) is 73.1 Å². The molecule has 3 unspecified atom stereocenters. The molecule has 0 aromatic heterocycles. The van der Waals surface area contributed by atoms with Crippen molar-refractivity contribution in [3.8, 4) is 0 Å². The molecule has 0 N–H and O–H groups in total. The van der Waals surface area contributed by atoms with Crippen LogP contribution in [-0.2, 0) is 0 Å². The molecule has 2 fully saturated rings. The van der Waals surface area contributed by atoms with Crippen LogP contribution < -0.4 is 0 Å². The first-order valence-corrected chi connectivity index (χ1v) is 6.88. The predicted octanol–water partition coefficient (Wildman–Crippen LogP) is 5.28. The Morgan fingerprint density at radius 2 is 1.21 bits per heavy atom. The summed E-state index contributed by atoms with van der Waals surface area (Å²) in [5, 5.41) is 0. The van der Waals surface area contributed by atoms with E-state index in [0.717, 1.165) is 17.8 Å². The maximum absolute atomic E-state index is 2.46. The molecule has 2 rings (SSSR count). The van der Waals surface area contributed by atoms with Crippen LogP contribution in [0.15, 0.2) is 0 Å². The number of hydrogen-bond acceptors (Lipinski definition) is 0. The quantitative estimate of drug-likeness (QED) is 0.497. The molecule has 0 aromatic carbocycles. The lowest BCUT2D eigenvalue weighted by atomic mass is 9.75. The van der Waals surface area contributed by atoms with Crippen molar-refractivity contribution in [3.63, 3.8) is 0 Å². The van der Waals surface area contributed by atoms with E-state index in [9.17, 15) is 0 Å². The van der Waals surface area contributed by atoms with Gasteiger partial charge in [-0.05, 0) is 24.2 Å². The summed E-state index contributed by atoms with van der Waals surface area (Å²) in [6.45, 7) is 10.5. The van der Waals surface area contributed by atoms with E-state index in [2.05, 4.69) is 6.92 Å². The Bertz CT molecular complexity index is 117. The summed E-state index contributed by atoms with van der Waals surface area (Å²) in [4.78, 5) is 0. The molecule has 0 radical (unpaired) electrons. The van der Waals surface area contributed by atoms with Crippen molar-refractivity contribution in [1.82, 2.24) is 0 Å². The van der Waals surface area contributed by atoms with Crippen LogP contribution in [0.1, 0.15) is 73.1 Å². The average Bonchev–Trinajstić information content (AvgIpc) is 2.73. The van der Waals surface area contributed by atoms with Crippen molar-refractivity contribution < 1.29 is 0 Å². The maximum Gasteiger partial charge on any atom is -0.0360 e. The summed E-state index contributed by atoms with van der Waals surface area (Å²) in [5.41, 5.74) is 0. The van der Waals surface area contributed by atoms with Gasteiger partial charge >= 0.3 is 0 Å². The SMILES string of the molecule is CC.CC.CC1CCCC2CCCC12. The molecule has 0 heteroatoms. The highest BCUT2D eigenvalue weighted by molar-refractivity contribution is 4.84. The number of fused-ring (bicyclic) bond motifs is 1. The Morgan fingerprint density at radius 1 is 0.714 bits per heavy atom. The summed E-state index contributed by atoms with van der Waals surface area (Å²) < 4.78 is 0. The van der Waals surface area contributed by atoms with Crippen LogP contribution in [0, 0.1) is 17.8 Å². The fraction of sp³-hybridized carbons (Fsp3) is 1.00. The fourth-order valence-corrected chi connectivity index (χ4v) is 3.09. The third-order valence-electron chi connectivity index (χ3n) is 3.68. The van der Waals surface area contributed by atoms with Crippen LogP contribution in [0.4, 0.5) is 0 Å². The molecular weight excluding hydrogens is 168 g/mol. The molecule has 3 atom stereocenters. The van der Waals surface area contributed by atoms with Crippen molar-refractivity contribution >= 4 is 0 Å². The van der Waals surface area contributed by atoms with Gasteiger partial charge in [0.1, 0.15) is 0 Å². The van der Waals surface area contributed by atoms with E-state index in [1.807, 2.05) is 27.7 Å². The van der Waals surface area contributed by atoms with Crippen LogP contribution >= 0.6 is 0 Å². The van der Waals surface area contributed by atoms with Gasteiger partial charge in [-0.25, -0.2) is 0 Å². The van der Waals surface area contributed by atoms with Crippen LogP contribution in [0.2, 0.25) is 0 Å². The molecule has 2 saturated carbocycles. The standard InChI is InChI=1S/C10H18.2C2H6/c1-8-4-2-5-9-6-3-7-10(8)9;2*1-2/h8-10H,2-7H2,1H3;2*1-2H3. The Morgan fingerprint density at radius 3 is 1.71 bits per heavy atom. The number of hydrogen-bond donors (Lipinski definition) is 0. The molecule has 2 aliphatic carbocycles. The van der Waals surface area contributed by atoms with Crippen LogP contribution in [0.25, 0.3) is 0 Å². The second-order valence-electron chi connectivity index (χ2n) is 4.26. The Balaban J connectivity index is 0.000000379. The first-order valence-electron chi connectivity index (χ1n) is 6.88. The molecule has 0 nitrogen and oxygen atoms in total. The molecule has 2 aliphatic rings. The lowest BCUT2D eigenvalue weighted by Gasteiger charge is -2.31. The van der Waals surface area contributed by atoms with Gasteiger partial charge < -0.3 is 0 Å². The zero-order valence-electron chi connectivity index (χ0n) is 11.0. The zero-order chi connectivity index (χ0) is 11.0. The van der Waals surface area contributed by atoms with Gasteiger partial charge in [-0.1, -0.05) is 66.7 Å². The minimum Gasteiger partial charge on any atom is -0.0683 e. The van der Waals surface area contributed by atoms with Gasteiger partial charge in [0.2, 0.25) is 0 Å². The monoisotopic (exact) mass is 198 g/mol. The van der Waals surface area contributed by atoms with Crippen molar-refractivity contribution in [1.29, 1.82) is 0 Å². The molecule has 86 valence electrons. The zero-order valence-corrected chi connectivity index (χ0v) is 11.0. The van der Waals surface area contributed by atoms with Gasteiger partial charge in [0.25, 0.3) is 0 Å². The highest BCUT2D eigenvalue weighted by Crippen LogP contribution is 2.44. The minimum atomic E-state index is 1.06. The molecule has 0 aliphatic heterocycles. The van der Waals surface area contributed by atoms with E-state index in [0.29, 0.717) is 0 Å². The highest BCUT2D eigenvalue weighted by Gasteiger charge is 2.33. The largest absolute Gasteiger partial charge is 0.0683 e. The fourth-order valence-electron chi connectivity index (χ4n) is 3.09. The van der Waals surface area contributed by atoms with E-state index < -0.39 is 0 Å². The third kappa shape index (κ3) is 3.63. The Hall–Kier alpha value is 0. The van der Waals surface area contributed by atoms with E-state index in [-0.39, 0.29) is 0 Å². The Kier molecular flexibility index (Phi) is 8.32. The van der Waals surface area contributed by atoms with E-state index in [1.165, 1.54) is 19.3 Å². The molecule has 0 amide bonds. The minimum absolute atomic E-state index is 1.06. The lowest BCUT2D eigenvalue weighted by molar-refractivity contribution is 0.197. The van der Waals surface area contributed by atoms with E-state index in [1.54, 1.807) is 19.3 Å². The van der Waals surface area contributed by atoms with Crippen molar-refractivity contribution in [3.05, 3.63) is 0 Å².